The molecule has 1 aliphatic heterocycles. The van der Waals surface area contributed by atoms with Gasteiger partial charge in [-0.1, -0.05) is 77.5 Å². The van der Waals surface area contributed by atoms with Crippen LogP contribution in [-0.2, 0) is 9.53 Å². The van der Waals surface area contributed by atoms with E-state index >= 15 is 0 Å². The highest BCUT2D eigenvalue weighted by Gasteiger charge is 2.34. The van der Waals surface area contributed by atoms with Gasteiger partial charge in [0.25, 0.3) is 5.56 Å². The molecule has 0 bridgehead atoms. The summed E-state index contributed by atoms with van der Waals surface area (Å²) >= 11 is 7.40. The molecule has 0 fully saturated rings. The molecule has 0 saturated heterocycles. The predicted molar refractivity (Wildman–Crippen MR) is 154 cm³/mol. The van der Waals surface area contributed by atoms with Gasteiger partial charge in [-0.3, -0.25) is 9.36 Å². The number of hydrogen-bond donors (Lipinski definition) is 0. The number of rotatable bonds is 5. The third-order valence-corrected chi connectivity index (χ3v) is 7.86. The Morgan fingerprint density at radius 2 is 1.90 bits per heavy atom. The van der Waals surface area contributed by atoms with E-state index in [2.05, 4.69) is 4.99 Å². The molecule has 6 nitrogen and oxygen atoms in total. The fourth-order valence-electron chi connectivity index (χ4n) is 4.93. The topological polar surface area (TPSA) is 73.8 Å². The van der Waals surface area contributed by atoms with Gasteiger partial charge in [-0.15, -0.1) is 0 Å². The molecule has 1 unspecified atom stereocenters. The maximum absolute atomic E-state index is 13.9. The second-order valence-electron chi connectivity index (χ2n) is 9.08. The lowest BCUT2D eigenvalue weighted by Crippen LogP contribution is -2.40. The molecule has 1 atom stereocenters. The number of esters is 1. The summed E-state index contributed by atoms with van der Waals surface area (Å²) in [4.78, 5) is 32.3. The molecule has 194 valence electrons. The van der Waals surface area contributed by atoms with Crippen molar-refractivity contribution in [3.8, 4) is 11.3 Å². The van der Waals surface area contributed by atoms with Crippen molar-refractivity contribution in [2.45, 2.75) is 19.9 Å². The highest BCUT2D eigenvalue weighted by molar-refractivity contribution is 7.07. The van der Waals surface area contributed by atoms with Gasteiger partial charge in [-0.05, 0) is 54.4 Å². The molecule has 5 aromatic rings. The molecular weight excluding hydrogens is 532 g/mol. The quantitative estimate of drug-likeness (QED) is 0.255. The number of fused-ring (bicyclic) bond motifs is 2. The van der Waals surface area contributed by atoms with Crippen LogP contribution in [0.5, 0.6) is 0 Å². The highest BCUT2D eigenvalue weighted by Crippen LogP contribution is 2.35. The Balaban J connectivity index is 1.53. The van der Waals surface area contributed by atoms with E-state index in [-0.39, 0.29) is 12.2 Å². The zero-order valence-corrected chi connectivity index (χ0v) is 22.8. The van der Waals surface area contributed by atoms with Crippen LogP contribution in [-0.4, -0.2) is 17.1 Å². The van der Waals surface area contributed by atoms with E-state index in [0.29, 0.717) is 37.1 Å². The van der Waals surface area contributed by atoms with Gasteiger partial charge in [0, 0.05) is 16.7 Å². The molecule has 0 N–H and O–H groups in total. The number of carbonyl (C=O) groups is 1. The molecule has 6 rings (SSSR count). The minimum atomic E-state index is -0.688. The van der Waals surface area contributed by atoms with Crippen molar-refractivity contribution in [2.75, 3.05) is 6.61 Å². The van der Waals surface area contributed by atoms with Crippen molar-refractivity contribution in [2.24, 2.45) is 4.99 Å². The first-order valence-electron chi connectivity index (χ1n) is 12.5. The van der Waals surface area contributed by atoms with Crippen molar-refractivity contribution in [1.29, 1.82) is 0 Å². The summed E-state index contributed by atoms with van der Waals surface area (Å²) in [6, 6.07) is 24.2. The molecule has 1 aliphatic rings. The average Bonchev–Trinajstić information content (AvgIpc) is 3.52. The number of benzene rings is 3. The van der Waals surface area contributed by atoms with Crippen molar-refractivity contribution >= 4 is 45.8 Å². The Morgan fingerprint density at radius 3 is 2.72 bits per heavy atom. The molecule has 0 radical (unpaired) electrons. The lowest BCUT2D eigenvalue weighted by molar-refractivity contribution is -0.139. The molecule has 8 heteroatoms. The van der Waals surface area contributed by atoms with Gasteiger partial charge in [-0.25, -0.2) is 9.79 Å². The molecule has 3 aromatic carbocycles. The summed E-state index contributed by atoms with van der Waals surface area (Å²) in [5.41, 5.74) is 2.30. The monoisotopic (exact) mass is 554 g/mol. The number of furan rings is 1. The fraction of sp³-hybridized carbons (Fsp3) is 0.129. The van der Waals surface area contributed by atoms with Crippen LogP contribution in [0.25, 0.3) is 28.2 Å². The highest BCUT2D eigenvalue weighted by atomic mass is 35.5. The first-order valence-corrected chi connectivity index (χ1v) is 13.7. The van der Waals surface area contributed by atoms with Gasteiger partial charge in [-0.2, -0.15) is 0 Å². The van der Waals surface area contributed by atoms with Crippen LogP contribution in [0.3, 0.4) is 0 Å². The summed E-state index contributed by atoms with van der Waals surface area (Å²) in [5.74, 6) is 0.687. The van der Waals surface area contributed by atoms with Crippen LogP contribution in [0.2, 0.25) is 5.02 Å². The van der Waals surface area contributed by atoms with Crippen molar-refractivity contribution in [3.05, 3.63) is 126 Å². The molecule has 3 heterocycles. The second kappa shape index (κ2) is 10.2. The Morgan fingerprint density at radius 1 is 1.10 bits per heavy atom. The van der Waals surface area contributed by atoms with Crippen LogP contribution in [0.15, 0.2) is 104 Å². The minimum absolute atomic E-state index is 0.218. The van der Waals surface area contributed by atoms with Crippen LogP contribution < -0.4 is 14.9 Å². The first-order chi connectivity index (χ1) is 18.9. The number of halogens is 1. The number of carbonyl (C=O) groups excluding carboxylic acids is 1. The van der Waals surface area contributed by atoms with E-state index in [9.17, 15) is 9.59 Å². The third kappa shape index (κ3) is 4.54. The molecule has 0 spiro atoms. The standard InChI is InChI=1S/C31H23ClN2O4S/c1-3-37-30(36)27-18(2)33-31-34(28(27)24-13-7-9-19-8-4-5-12-23(19)24)29(35)26(39-31)17-22-14-15-25(38-22)20-10-6-11-21(32)16-20/h4-17,28H,3H2,1-2H3/b26-17+. The summed E-state index contributed by atoms with van der Waals surface area (Å²) in [5, 5.41) is 2.58. The molecule has 0 amide bonds. The number of hydrogen-bond acceptors (Lipinski definition) is 6. The number of allylic oxidation sites excluding steroid dienone is 1. The van der Waals surface area contributed by atoms with Crippen molar-refractivity contribution in [3.63, 3.8) is 0 Å². The van der Waals surface area contributed by atoms with Gasteiger partial charge in [0.05, 0.1) is 28.5 Å². The third-order valence-electron chi connectivity index (χ3n) is 6.64. The summed E-state index contributed by atoms with van der Waals surface area (Å²) in [6.07, 6.45) is 1.71. The smallest absolute Gasteiger partial charge is 0.338 e. The lowest BCUT2D eigenvalue weighted by atomic mass is 9.91. The van der Waals surface area contributed by atoms with Crippen LogP contribution in [0.1, 0.15) is 31.2 Å². The molecule has 0 saturated carbocycles. The number of aromatic nitrogens is 1. The average molecular weight is 555 g/mol. The van der Waals surface area contributed by atoms with E-state index in [0.717, 1.165) is 21.9 Å². The summed E-state index contributed by atoms with van der Waals surface area (Å²) in [7, 11) is 0. The van der Waals surface area contributed by atoms with Crippen LogP contribution in [0.4, 0.5) is 0 Å². The number of nitrogens with zero attached hydrogens (tertiary/aromatic N) is 2. The van der Waals surface area contributed by atoms with Gasteiger partial charge < -0.3 is 9.15 Å². The number of thiazole rings is 1. The van der Waals surface area contributed by atoms with E-state index in [1.165, 1.54) is 11.3 Å². The van der Waals surface area contributed by atoms with Crippen molar-refractivity contribution in [1.82, 2.24) is 4.57 Å². The Hall–Kier alpha value is -4.20. The normalized spacial score (nSPS) is 15.4. The van der Waals surface area contributed by atoms with Gasteiger partial charge >= 0.3 is 5.97 Å². The maximum atomic E-state index is 13.9. The van der Waals surface area contributed by atoms with E-state index in [4.69, 9.17) is 20.8 Å². The molecule has 0 aliphatic carbocycles. The largest absolute Gasteiger partial charge is 0.463 e. The summed E-state index contributed by atoms with van der Waals surface area (Å²) < 4.78 is 13.5. The van der Waals surface area contributed by atoms with E-state index in [1.807, 2.05) is 72.8 Å². The SMILES string of the molecule is CCOC(=O)C1=C(C)N=c2s/c(=C/c3ccc(-c4cccc(Cl)c4)o3)c(=O)n2C1c1cccc2ccccc12. The second-order valence-corrected chi connectivity index (χ2v) is 10.5. The number of ether oxygens (including phenoxy) is 1. The Bertz CT molecular complexity index is 1960. The summed E-state index contributed by atoms with van der Waals surface area (Å²) in [6.45, 7) is 3.76. The molecular formula is C31H23ClN2O4S. The molecule has 2 aromatic heterocycles. The minimum Gasteiger partial charge on any atom is -0.463 e. The van der Waals surface area contributed by atoms with E-state index in [1.54, 1.807) is 30.6 Å². The zero-order chi connectivity index (χ0) is 27.1. The first kappa shape index (κ1) is 25.1. The van der Waals surface area contributed by atoms with Gasteiger partial charge in [0.2, 0.25) is 0 Å². The van der Waals surface area contributed by atoms with Gasteiger partial charge in [0.15, 0.2) is 4.80 Å². The lowest BCUT2D eigenvalue weighted by Gasteiger charge is -2.25. The van der Waals surface area contributed by atoms with Gasteiger partial charge in [0.1, 0.15) is 11.5 Å². The van der Waals surface area contributed by atoms with E-state index < -0.39 is 12.0 Å². The predicted octanol–water partition coefficient (Wildman–Crippen LogP) is 5.86. The van der Waals surface area contributed by atoms with Crippen LogP contribution >= 0.6 is 22.9 Å². The van der Waals surface area contributed by atoms with Crippen LogP contribution in [0, 0.1) is 0 Å². The van der Waals surface area contributed by atoms with Crippen molar-refractivity contribution < 1.29 is 13.9 Å². The Kier molecular flexibility index (Phi) is 6.54. The fourth-order valence-corrected chi connectivity index (χ4v) is 6.15. The Labute approximate surface area is 232 Å². The zero-order valence-electron chi connectivity index (χ0n) is 21.2. The molecule has 39 heavy (non-hydrogen) atoms. The maximum Gasteiger partial charge on any atom is 0.338 e.